The smallest absolute Gasteiger partial charge is 0.257 e. The highest BCUT2D eigenvalue weighted by Gasteiger charge is 2.11. The molecule has 0 saturated heterocycles. The van der Waals surface area contributed by atoms with E-state index in [0.717, 1.165) is 22.3 Å². The third-order valence-corrected chi connectivity index (χ3v) is 4.30. The number of pyridine rings is 1. The van der Waals surface area contributed by atoms with Gasteiger partial charge < -0.3 is 10.3 Å². The minimum absolute atomic E-state index is 0.0909. The first-order valence-electron chi connectivity index (χ1n) is 8.60. The van der Waals surface area contributed by atoms with E-state index in [1.54, 1.807) is 0 Å². The van der Waals surface area contributed by atoms with Gasteiger partial charge in [0.2, 0.25) is 5.82 Å². The first kappa shape index (κ1) is 17.3. The Hall–Kier alpha value is -4.07. The SMILES string of the molecule is O=C(NCc1ccc(-c2ccccc2-c2nn[nH]n2)cc1)c1c[nH]ccc1=O. The van der Waals surface area contributed by atoms with Crippen LogP contribution in [0.25, 0.3) is 22.5 Å². The summed E-state index contributed by atoms with van der Waals surface area (Å²) >= 11 is 0. The topological polar surface area (TPSA) is 116 Å². The molecule has 0 unspecified atom stereocenters. The summed E-state index contributed by atoms with van der Waals surface area (Å²) in [5, 5.41) is 16.9. The maximum absolute atomic E-state index is 12.1. The molecular weight excluding hydrogens is 356 g/mol. The summed E-state index contributed by atoms with van der Waals surface area (Å²) in [5.41, 5.74) is 3.55. The van der Waals surface area contributed by atoms with Crippen LogP contribution in [0.2, 0.25) is 0 Å². The molecule has 0 bridgehead atoms. The Morgan fingerprint density at radius 1 is 1.00 bits per heavy atom. The summed E-state index contributed by atoms with van der Waals surface area (Å²) < 4.78 is 0. The minimum atomic E-state index is -0.409. The molecule has 0 radical (unpaired) electrons. The van der Waals surface area contributed by atoms with Crippen molar-refractivity contribution in [3.8, 4) is 22.5 Å². The van der Waals surface area contributed by atoms with Crippen molar-refractivity contribution >= 4 is 5.91 Å². The van der Waals surface area contributed by atoms with Crippen LogP contribution in [0.5, 0.6) is 0 Å². The van der Waals surface area contributed by atoms with Gasteiger partial charge in [-0.25, -0.2) is 0 Å². The molecule has 0 spiro atoms. The van der Waals surface area contributed by atoms with Crippen molar-refractivity contribution in [2.45, 2.75) is 6.54 Å². The fourth-order valence-corrected chi connectivity index (χ4v) is 2.88. The van der Waals surface area contributed by atoms with E-state index in [1.807, 2.05) is 48.5 Å². The third kappa shape index (κ3) is 3.56. The summed E-state index contributed by atoms with van der Waals surface area (Å²) in [6.45, 7) is 0.319. The maximum Gasteiger partial charge on any atom is 0.257 e. The number of carbonyl (C=O) groups is 1. The molecule has 2 heterocycles. The fraction of sp³-hybridized carbons (Fsp3) is 0.0500. The number of H-pyrrole nitrogens is 2. The maximum atomic E-state index is 12.1. The molecule has 0 saturated carbocycles. The van der Waals surface area contributed by atoms with E-state index < -0.39 is 5.91 Å². The van der Waals surface area contributed by atoms with Crippen LogP contribution < -0.4 is 10.7 Å². The number of carbonyl (C=O) groups excluding carboxylic acids is 1. The Kier molecular flexibility index (Phi) is 4.75. The van der Waals surface area contributed by atoms with Gasteiger partial charge in [-0.3, -0.25) is 9.59 Å². The lowest BCUT2D eigenvalue weighted by atomic mass is 9.98. The van der Waals surface area contributed by atoms with Gasteiger partial charge in [0, 0.05) is 30.6 Å². The standard InChI is InChI=1S/C20H16N6O2/c27-18-9-10-21-12-17(18)20(28)22-11-13-5-7-14(8-6-13)15-3-1-2-4-16(15)19-23-25-26-24-19/h1-10,12H,11H2,(H,21,27)(H,22,28)(H,23,24,25,26). The quantitative estimate of drug-likeness (QED) is 0.496. The molecule has 0 fully saturated rings. The zero-order valence-electron chi connectivity index (χ0n) is 14.7. The molecule has 1 amide bonds. The molecule has 8 nitrogen and oxygen atoms in total. The van der Waals surface area contributed by atoms with Crippen molar-refractivity contribution in [3.63, 3.8) is 0 Å². The Morgan fingerprint density at radius 2 is 1.79 bits per heavy atom. The average molecular weight is 372 g/mol. The molecule has 2 aromatic carbocycles. The van der Waals surface area contributed by atoms with Crippen molar-refractivity contribution in [2.75, 3.05) is 0 Å². The molecule has 8 heteroatoms. The molecule has 138 valence electrons. The number of amides is 1. The molecule has 2 aromatic heterocycles. The molecule has 4 aromatic rings. The van der Waals surface area contributed by atoms with E-state index in [0.29, 0.717) is 12.4 Å². The monoisotopic (exact) mass is 372 g/mol. The largest absolute Gasteiger partial charge is 0.367 e. The van der Waals surface area contributed by atoms with Crippen LogP contribution in [0.15, 0.2) is 71.8 Å². The molecule has 0 atom stereocenters. The first-order valence-corrected chi connectivity index (χ1v) is 8.60. The van der Waals surface area contributed by atoms with Crippen molar-refractivity contribution in [1.29, 1.82) is 0 Å². The number of hydrogen-bond donors (Lipinski definition) is 3. The Bertz CT molecular complexity index is 1150. The van der Waals surface area contributed by atoms with Crippen LogP contribution in [0.4, 0.5) is 0 Å². The van der Waals surface area contributed by atoms with Gasteiger partial charge in [-0.1, -0.05) is 48.5 Å². The molecular formula is C20H16N6O2. The van der Waals surface area contributed by atoms with Crippen molar-refractivity contribution in [2.24, 2.45) is 0 Å². The second-order valence-corrected chi connectivity index (χ2v) is 6.08. The molecule has 0 aliphatic rings. The van der Waals surface area contributed by atoms with E-state index in [4.69, 9.17) is 0 Å². The van der Waals surface area contributed by atoms with E-state index >= 15 is 0 Å². The lowest BCUT2D eigenvalue weighted by Gasteiger charge is -2.09. The van der Waals surface area contributed by atoms with Gasteiger partial charge in [-0.15, -0.1) is 10.2 Å². The predicted molar refractivity (Wildman–Crippen MR) is 103 cm³/mol. The minimum Gasteiger partial charge on any atom is -0.367 e. The number of nitrogens with one attached hydrogen (secondary N) is 3. The summed E-state index contributed by atoms with van der Waals surface area (Å²) in [6.07, 6.45) is 2.89. The Morgan fingerprint density at radius 3 is 2.50 bits per heavy atom. The third-order valence-electron chi connectivity index (χ3n) is 4.30. The number of aromatic amines is 2. The highest BCUT2D eigenvalue weighted by Crippen LogP contribution is 2.29. The molecule has 28 heavy (non-hydrogen) atoms. The van der Waals surface area contributed by atoms with Gasteiger partial charge in [0.05, 0.1) is 0 Å². The number of tetrazole rings is 1. The molecule has 3 N–H and O–H groups in total. The van der Waals surface area contributed by atoms with Crippen LogP contribution in [0.1, 0.15) is 15.9 Å². The van der Waals surface area contributed by atoms with Crippen LogP contribution >= 0.6 is 0 Å². The van der Waals surface area contributed by atoms with Crippen LogP contribution in [-0.4, -0.2) is 31.5 Å². The van der Waals surface area contributed by atoms with E-state index in [2.05, 4.69) is 30.9 Å². The van der Waals surface area contributed by atoms with Crippen molar-refractivity contribution in [1.82, 2.24) is 30.9 Å². The summed E-state index contributed by atoms with van der Waals surface area (Å²) in [7, 11) is 0. The van der Waals surface area contributed by atoms with E-state index in [9.17, 15) is 9.59 Å². The van der Waals surface area contributed by atoms with Gasteiger partial charge in [0.15, 0.2) is 5.43 Å². The number of rotatable bonds is 5. The van der Waals surface area contributed by atoms with E-state index in [1.165, 1.54) is 18.5 Å². The van der Waals surface area contributed by atoms with Crippen LogP contribution in [0, 0.1) is 0 Å². The zero-order chi connectivity index (χ0) is 19.3. The zero-order valence-corrected chi connectivity index (χ0v) is 14.7. The second kappa shape index (κ2) is 7.67. The highest BCUT2D eigenvalue weighted by molar-refractivity contribution is 5.93. The Balaban J connectivity index is 1.50. The summed E-state index contributed by atoms with van der Waals surface area (Å²) in [4.78, 5) is 26.6. The van der Waals surface area contributed by atoms with E-state index in [-0.39, 0.29) is 11.0 Å². The second-order valence-electron chi connectivity index (χ2n) is 6.08. The van der Waals surface area contributed by atoms with Crippen LogP contribution in [0.3, 0.4) is 0 Å². The predicted octanol–water partition coefficient (Wildman–Crippen LogP) is 2.15. The van der Waals surface area contributed by atoms with Crippen molar-refractivity contribution < 1.29 is 4.79 Å². The van der Waals surface area contributed by atoms with Gasteiger partial charge in [-0.2, -0.15) is 5.21 Å². The number of hydrogen-bond acceptors (Lipinski definition) is 5. The molecule has 4 rings (SSSR count). The number of benzene rings is 2. The molecule has 0 aliphatic carbocycles. The van der Waals surface area contributed by atoms with Crippen LogP contribution in [-0.2, 0) is 6.54 Å². The first-order chi connectivity index (χ1) is 13.7. The normalized spacial score (nSPS) is 10.6. The lowest BCUT2D eigenvalue weighted by Crippen LogP contribution is -2.27. The van der Waals surface area contributed by atoms with Gasteiger partial charge >= 0.3 is 0 Å². The summed E-state index contributed by atoms with van der Waals surface area (Å²) in [6, 6.07) is 16.9. The Labute approximate surface area is 159 Å². The summed E-state index contributed by atoms with van der Waals surface area (Å²) in [5.74, 6) is 0.119. The average Bonchev–Trinajstić information content (AvgIpc) is 3.27. The van der Waals surface area contributed by atoms with Crippen molar-refractivity contribution in [3.05, 3.63) is 88.3 Å². The lowest BCUT2D eigenvalue weighted by molar-refractivity contribution is 0.0949. The number of nitrogens with zero attached hydrogens (tertiary/aromatic N) is 3. The highest BCUT2D eigenvalue weighted by atomic mass is 16.2. The van der Waals surface area contributed by atoms with Gasteiger partial charge in [-0.05, 0) is 21.9 Å². The van der Waals surface area contributed by atoms with Gasteiger partial charge in [0.1, 0.15) is 5.56 Å². The molecule has 0 aliphatic heterocycles. The number of aromatic nitrogens is 5. The van der Waals surface area contributed by atoms with Gasteiger partial charge in [0.25, 0.3) is 5.91 Å². The fourth-order valence-electron chi connectivity index (χ4n) is 2.88.